The maximum Gasteiger partial charge on any atom is 0.360 e. The van der Waals surface area contributed by atoms with Crippen molar-refractivity contribution < 1.29 is 13.9 Å². The van der Waals surface area contributed by atoms with Crippen molar-refractivity contribution in [3.8, 4) is 0 Å². The van der Waals surface area contributed by atoms with Crippen molar-refractivity contribution in [2.45, 2.75) is 6.92 Å². The SMILES string of the molecule is CCOC(=O)c1nc(Nc2ccccc2)ncc1F. The van der Waals surface area contributed by atoms with E-state index in [-0.39, 0.29) is 18.2 Å². The summed E-state index contributed by atoms with van der Waals surface area (Å²) in [6.45, 7) is 1.80. The average Bonchev–Trinajstić information content (AvgIpc) is 2.42. The maximum atomic E-state index is 13.4. The Hall–Kier alpha value is -2.50. The molecule has 2 rings (SSSR count). The number of carbonyl (C=O) groups is 1. The van der Waals surface area contributed by atoms with Gasteiger partial charge < -0.3 is 10.1 Å². The van der Waals surface area contributed by atoms with E-state index in [0.29, 0.717) is 0 Å². The molecule has 1 aromatic heterocycles. The van der Waals surface area contributed by atoms with Crippen LogP contribution in [0.2, 0.25) is 0 Å². The number of anilines is 2. The summed E-state index contributed by atoms with van der Waals surface area (Å²) in [7, 11) is 0. The van der Waals surface area contributed by atoms with Crippen LogP contribution < -0.4 is 5.32 Å². The van der Waals surface area contributed by atoms with Crippen molar-refractivity contribution >= 4 is 17.6 Å². The summed E-state index contributed by atoms with van der Waals surface area (Å²) in [6, 6.07) is 9.13. The first-order valence-electron chi connectivity index (χ1n) is 5.72. The fourth-order valence-electron chi connectivity index (χ4n) is 1.42. The minimum Gasteiger partial charge on any atom is -0.461 e. The van der Waals surface area contributed by atoms with Crippen LogP contribution in [0, 0.1) is 5.82 Å². The van der Waals surface area contributed by atoms with Crippen LogP contribution in [0.4, 0.5) is 16.0 Å². The molecule has 0 atom stereocenters. The molecule has 1 N–H and O–H groups in total. The normalized spacial score (nSPS) is 10.0. The third-order valence-electron chi connectivity index (χ3n) is 2.24. The Balaban J connectivity index is 2.23. The molecule has 5 nitrogen and oxygen atoms in total. The summed E-state index contributed by atoms with van der Waals surface area (Å²) in [5.74, 6) is -1.48. The van der Waals surface area contributed by atoms with Gasteiger partial charge in [-0.2, -0.15) is 0 Å². The Morgan fingerprint density at radius 3 is 2.79 bits per heavy atom. The highest BCUT2D eigenvalue weighted by Gasteiger charge is 2.16. The highest BCUT2D eigenvalue weighted by atomic mass is 19.1. The molecule has 0 unspecified atom stereocenters. The van der Waals surface area contributed by atoms with E-state index in [9.17, 15) is 9.18 Å². The molecule has 0 bridgehead atoms. The molecule has 1 heterocycles. The van der Waals surface area contributed by atoms with Crippen LogP contribution in [0.5, 0.6) is 0 Å². The number of para-hydroxylation sites is 1. The van der Waals surface area contributed by atoms with Crippen molar-refractivity contribution in [2.75, 3.05) is 11.9 Å². The summed E-state index contributed by atoms with van der Waals surface area (Å²) in [6.07, 6.45) is 0.935. The fraction of sp³-hybridized carbons (Fsp3) is 0.154. The molecule has 0 saturated carbocycles. The third kappa shape index (κ3) is 3.25. The lowest BCUT2D eigenvalue weighted by Gasteiger charge is -2.06. The zero-order valence-electron chi connectivity index (χ0n) is 10.3. The van der Waals surface area contributed by atoms with Gasteiger partial charge in [-0.3, -0.25) is 0 Å². The molecule has 0 saturated heterocycles. The average molecular weight is 261 g/mol. The van der Waals surface area contributed by atoms with Crippen molar-refractivity contribution in [1.29, 1.82) is 0 Å². The molecular formula is C13H12FN3O2. The number of ether oxygens (including phenoxy) is 1. The van der Waals surface area contributed by atoms with Gasteiger partial charge in [0, 0.05) is 5.69 Å². The molecule has 1 aromatic carbocycles. The predicted octanol–water partition coefficient (Wildman–Crippen LogP) is 2.54. The van der Waals surface area contributed by atoms with E-state index in [2.05, 4.69) is 15.3 Å². The number of benzene rings is 1. The van der Waals surface area contributed by atoms with Crippen molar-refractivity contribution in [3.05, 3.63) is 48.0 Å². The summed E-state index contributed by atoms with van der Waals surface area (Å²) in [5, 5.41) is 2.87. The van der Waals surface area contributed by atoms with Crippen LogP contribution in [0.15, 0.2) is 36.5 Å². The summed E-state index contributed by atoms with van der Waals surface area (Å²) >= 11 is 0. The number of rotatable bonds is 4. The standard InChI is InChI=1S/C13H12FN3O2/c1-2-19-12(18)11-10(14)8-15-13(17-11)16-9-6-4-3-5-7-9/h3-8H,2H2,1H3,(H,15,16,17). The summed E-state index contributed by atoms with van der Waals surface area (Å²) in [4.78, 5) is 19.1. The molecule has 0 aliphatic rings. The lowest BCUT2D eigenvalue weighted by Crippen LogP contribution is -2.12. The number of aromatic nitrogens is 2. The van der Waals surface area contributed by atoms with Gasteiger partial charge in [0.25, 0.3) is 0 Å². The molecular weight excluding hydrogens is 249 g/mol. The number of nitrogens with zero attached hydrogens (tertiary/aromatic N) is 2. The molecule has 6 heteroatoms. The van der Waals surface area contributed by atoms with Gasteiger partial charge in [0.1, 0.15) is 0 Å². The van der Waals surface area contributed by atoms with Gasteiger partial charge in [0.05, 0.1) is 12.8 Å². The van der Waals surface area contributed by atoms with Crippen molar-refractivity contribution in [3.63, 3.8) is 0 Å². The molecule has 0 aliphatic carbocycles. The summed E-state index contributed by atoms with van der Waals surface area (Å²) in [5.41, 5.74) is 0.360. The van der Waals surface area contributed by atoms with E-state index in [1.54, 1.807) is 19.1 Å². The second kappa shape index (κ2) is 5.90. The topological polar surface area (TPSA) is 64.1 Å². The first-order chi connectivity index (χ1) is 9.20. The largest absolute Gasteiger partial charge is 0.461 e. The Morgan fingerprint density at radius 1 is 1.37 bits per heavy atom. The van der Waals surface area contributed by atoms with Crippen molar-refractivity contribution in [1.82, 2.24) is 9.97 Å². The molecule has 0 amide bonds. The monoisotopic (exact) mass is 261 g/mol. The highest BCUT2D eigenvalue weighted by Crippen LogP contribution is 2.13. The number of hydrogen-bond acceptors (Lipinski definition) is 5. The van der Waals surface area contributed by atoms with E-state index >= 15 is 0 Å². The van der Waals surface area contributed by atoms with Crippen LogP contribution in [-0.4, -0.2) is 22.5 Å². The van der Waals surface area contributed by atoms with Crippen LogP contribution in [0.1, 0.15) is 17.4 Å². The van der Waals surface area contributed by atoms with Gasteiger partial charge in [-0.05, 0) is 19.1 Å². The van der Waals surface area contributed by atoms with E-state index < -0.39 is 11.8 Å². The zero-order valence-corrected chi connectivity index (χ0v) is 10.3. The van der Waals surface area contributed by atoms with Crippen LogP contribution >= 0.6 is 0 Å². The predicted molar refractivity (Wildman–Crippen MR) is 67.7 cm³/mol. The Labute approximate surface area is 109 Å². The van der Waals surface area contributed by atoms with E-state index in [1.165, 1.54) is 0 Å². The van der Waals surface area contributed by atoms with Gasteiger partial charge in [0.15, 0.2) is 11.5 Å². The number of carbonyl (C=O) groups excluding carboxylic acids is 1. The highest BCUT2D eigenvalue weighted by molar-refractivity contribution is 5.87. The molecule has 0 fully saturated rings. The minimum atomic E-state index is -0.808. The van der Waals surface area contributed by atoms with Crippen LogP contribution in [-0.2, 0) is 4.74 Å². The lowest BCUT2D eigenvalue weighted by molar-refractivity contribution is 0.0513. The quantitative estimate of drug-likeness (QED) is 0.857. The Morgan fingerprint density at radius 2 is 2.11 bits per heavy atom. The maximum absolute atomic E-state index is 13.4. The smallest absolute Gasteiger partial charge is 0.360 e. The van der Waals surface area contributed by atoms with Gasteiger partial charge in [-0.1, -0.05) is 18.2 Å². The number of hydrogen-bond donors (Lipinski definition) is 1. The molecule has 0 radical (unpaired) electrons. The van der Waals surface area contributed by atoms with Crippen LogP contribution in [0.25, 0.3) is 0 Å². The van der Waals surface area contributed by atoms with Gasteiger partial charge in [0.2, 0.25) is 5.95 Å². The third-order valence-corrected chi connectivity index (χ3v) is 2.24. The first-order valence-corrected chi connectivity index (χ1v) is 5.72. The Kier molecular flexibility index (Phi) is 4.02. The molecule has 0 aliphatic heterocycles. The Bertz CT molecular complexity index is 575. The first kappa shape index (κ1) is 12.9. The van der Waals surface area contributed by atoms with Gasteiger partial charge >= 0.3 is 5.97 Å². The molecule has 19 heavy (non-hydrogen) atoms. The molecule has 98 valence electrons. The lowest BCUT2D eigenvalue weighted by atomic mass is 10.3. The number of nitrogens with one attached hydrogen (secondary N) is 1. The van der Waals surface area contributed by atoms with E-state index in [0.717, 1.165) is 11.9 Å². The van der Waals surface area contributed by atoms with E-state index in [4.69, 9.17) is 4.74 Å². The van der Waals surface area contributed by atoms with Crippen LogP contribution in [0.3, 0.4) is 0 Å². The number of esters is 1. The second-order valence-corrected chi connectivity index (χ2v) is 3.60. The summed E-state index contributed by atoms with van der Waals surface area (Å²) < 4.78 is 18.1. The second-order valence-electron chi connectivity index (χ2n) is 3.60. The fourth-order valence-corrected chi connectivity index (χ4v) is 1.42. The van der Waals surface area contributed by atoms with Gasteiger partial charge in [-0.15, -0.1) is 0 Å². The minimum absolute atomic E-state index is 0.135. The van der Waals surface area contributed by atoms with Crippen molar-refractivity contribution in [2.24, 2.45) is 0 Å². The zero-order chi connectivity index (χ0) is 13.7. The molecule has 0 spiro atoms. The molecule has 2 aromatic rings. The number of halogens is 1. The van der Waals surface area contributed by atoms with E-state index in [1.807, 2.05) is 18.2 Å². The van der Waals surface area contributed by atoms with Gasteiger partial charge in [-0.25, -0.2) is 19.2 Å².